The molecule has 0 heterocycles. The summed E-state index contributed by atoms with van der Waals surface area (Å²) in [6, 6.07) is 1.03. The fourth-order valence-electron chi connectivity index (χ4n) is 1.00. The molecule has 0 bridgehead atoms. The highest BCUT2D eigenvalue weighted by molar-refractivity contribution is 9.10. The molecule has 0 atom stereocenters. The highest BCUT2D eigenvalue weighted by atomic mass is 79.9. The van der Waals surface area contributed by atoms with Gasteiger partial charge in [0.1, 0.15) is 0 Å². The van der Waals surface area contributed by atoms with E-state index in [2.05, 4.69) is 15.9 Å². The first kappa shape index (κ1) is 14.5. The Bertz CT molecular complexity index is 404. The van der Waals surface area contributed by atoms with Crippen LogP contribution in [-0.2, 0) is 6.18 Å². The van der Waals surface area contributed by atoms with Crippen molar-refractivity contribution < 1.29 is 26.3 Å². The molecule has 0 spiro atoms. The van der Waals surface area contributed by atoms with Crippen molar-refractivity contribution >= 4 is 33.4 Å². The standard InChI is InChI=1S/C8H4BrF6NS/c9-4-1-3(7(10,11)12)2-5(16)6(4)17-8(13,14)15/h1-2H,16H2. The second-order valence-corrected chi connectivity index (χ2v) is 4.85. The number of hydrogen-bond acceptors (Lipinski definition) is 2. The molecule has 1 aromatic carbocycles. The first-order valence-electron chi connectivity index (χ1n) is 3.92. The van der Waals surface area contributed by atoms with E-state index in [0.29, 0.717) is 12.1 Å². The van der Waals surface area contributed by atoms with Crippen LogP contribution in [0.25, 0.3) is 0 Å². The molecule has 0 saturated heterocycles. The van der Waals surface area contributed by atoms with Crippen LogP contribution in [0.2, 0.25) is 0 Å². The van der Waals surface area contributed by atoms with Crippen LogP contribution in [0.5, 0.6) is 0 Å². The number of thioether (sulfide) groups is 1. The molecule has 9 heteroatoms. The van der Waals surface area contributed by atoms with E-state index in [1.165, 1.54) is 0 Å². The predicted molar refractivity (Wildman–Crippen MR) is 55.5 cm³/mol. The highest BCUT2D eigenvalue weighted by Crippen LogP contribution is 2.45. The Labute approximate surface area is 104 Å². The van der Waals surface area contributed by atoms with Crippen LogP contribution in [0.1, 0.15) is 5.56 Å². The third-order valence-electron chi connectivity index (χ3n) is 1.62. The van der Waals surface area contributed by atoms with Crippen molar-refractivity contribution in [1.82, 2.24) is 0 Å². The normalized spacial score (nSPS) is 12.9. The summed E-state index contributed by atoms with van der Waals surface area (Å²) in [5, 5.41) is 0. The average molecular weight is 340 g/mol. The number of halogens is 7. The molecule has 1 rings (SSSR count). The van der Waals surface area contributed by atoms with Crippen LogP contribution in [0.15, 0.2) is 21.5 Å². The molecule has 1 nitrogen and oxygen atoms in total. The Morgan fingerprint density at radius 3 is 1.94 bits per heavy atom. The minimum Gasteiger partial charge on any atom is -0.398 e. The molecule has 0 saturated carbocycles. The molecule has 0 aliphatic heterocycles. The van der Waals surface area contributed by atoms with Gasteiger partial charge < -0.3 is 5.73 Å². The Morgan fingerprint density at radius 2 is 1.59 bits per heavy atom. The van der Waals surface area contributed by atoms with Crippen molar-refractivity contribution in [3.05, 3.63) is 22.2 Å². The van der Waals surface area contributed by atoms with Crippen molar-refractivity contribution in [2.24, 2.45) is 0 Å². The van der Waals surface area contributed by atoms with Gasteiger partial charge in [0.25, 0.3) is 0 Å². The predicted octanol–water partition coefficient (Wildman–Crippen LogP) is 4.66. The smallest absolute Gasteiger partial charge is 0.398 e. The van der Waals surface area contributed by atoms with E-state index in [1.54, 1.807) is 0 Å². The number of anilines is 1. The Hall–Kier alpha value is -0.570. The molecular weight excluding hydrogens is 336 g/mol. The lowest BCUT2D eigenvalue weighted by Gasteiger charge is -2.13. The monoisotopic (exact) mass is 339 g/mol. The maximum atomic E-state index is 12.3. The van der Waals surface area contributed by atoms with Gasteiger partial charge in [0.05, 0.1) is 10.5 Å². The topological polar surface area (TPSA) is 26.0 Å². The van der Waals surface area contributed by atoms with Gasteiger partial charge in [0, 0.05) is 10.2 Å². The molecule has 0 aliphatic rings. The summed E-state index contributed by atoms with van der Waals surface area (Å²) in [6.45, 7) is 0. The molecule has 17 heavy (non-hydrogen) atoms. The van der Waals surface area contributed by atoms with Gasteiger partial charge in [-0.2, -0.15) is 26.3 Å². The SMILES string of the molecule is Nc1cc(C(F)(F)F)cc(Br)c1SC(F)(F)F. The summed E-state index contributed by atoms with van der Waals surface area (Å²) in [5.41, 5.74) is -1.12. The first-order valence-corrected chi connectivity index (χ1v) is 5.53. The molecule has 0 unspecified atom stereocenters. The molecule has 0 fully saturated rings. The van der Waals surface area contributed by atoms with Crippen molar-refractivity contribution in [3.8, 4) is 0 Å². The summed E-state index contributed by atoms with van der Waals surface area (Å²) < 4.78 is 72.9. The van der Waals surface area contributed by atoms with Gasteiger partial charge in [0.15, 0.2) is 0 Å². The van der Waals surface area contributed by atoms with E-state index in [-0.39, 0.29) is 4.47 Å². The van der Waals surface area contributed by atoms with E-state index >= 15 is 0 Å². The van der Waals surface area contributed by atoms with Crippen LogP contribution < -0.4 is 5.73 Å². The summed E-state index contributed by atoms with van der Waals surface area (Å²) in [4.78, 5) is -0.481. The van der Waals surface area contributed by atoms with Crippen LogP contribution in [0.3, 0.4) is 0 Å². The zero-order valence-electron chi connectivity index (χ0n) is 7.79. The zero-order valence-corrected chi connectivity index (χ0v) is 10.2. The maximum absolute atomic E-state index is 12.3. The van der Waals surface area contributed by atoms with E-state index in [1.807, 2.05) is 0 Å². The Morgan fingerprint density at radius 1 is 1.06 bits per heavy atom. The molecule has 0 radical (unpaired) electrons. The van der Waals surface area contributed by atoms with Crippen LogP contribution in [-0.4, -0.2) is 5.51 Å². The van der Waals surface area contributed by atoms with E-state index in [0.717, 1.165) is 0 Å². The minimum atomic E-state index is -4.65. The maximum Gasteiger partial charge on any atom is 0.446 e. The van der Waals surface area contributed by atoms with Gasteiger partial charge in [-0.3, -0.25) is 0 Å². The summed E-state index contributed by atoms with van der Waals surface area (Å²) in [6.07, 6.45) is -4.65. The number of nitrogens with two attached hydrogens (primary N) is 1. The highest BCUT2D eigenvalue weighted by Gasteiger charge is 2.35. The van der Waals surface area contributed by atoms with Crippen molar-refractivity contribution in [2.75, 3.05) is 5.73 Å². The lowest BCUT2D eigenvalue weighted by atomic mass is 10.2. The molecule has 0 aliphatic carbocycles. The molecule has 0 amide bonds. The van der Waals surface area contributed by atoms with E-state index < -0.39 is 39.6 Å². The number of alkyl halides is 6. The lowest BCUT2D eigenvalue weighted by Crippen LogP contribution is -2.08. The number of benzene rings is 1. The van der Waals surface area contributed by atoms with Crippen LogP contribution in [0.4, 0.5) is 32.0 Å². The van der Waals surface area contributed by atoms with Gasteiger partial charge in [-0.25, -0.2) is 0 Å². The second-order valence-electron chi connectivity index (χ2n) is 2.92. The summed E-state index contributed by atoms with van der Waals surface area (Å²) in [7, 11) is 0. The molecule has 0 aromatic heterocycles. The fraction of sp³-hybridized carbons (Fsp3) is 0.250. The molecule has 96 valence electrons. The third kappa shape index (κ3) is 3.98. The summed E-state index contributed by atoms with van der Waals surface area (Å²) in [5.74, 6) is 0. The quantitative estimate of drug-likeness (QED) is 0.457. The van der Waals surface area contributed by atoms with Gasteiger partial charge in [0.2, 0.25) is 0 Å². The van der Waals surface area contributed by atoms with Gasteiger partial charge in [-0.15, -0.1) is 0 Å². The largest absolute Gasteiger partial charge is 0.446 e. The molecular formula is C8H4BrF6NS. The number of hydrogen-bond donors (Lipinski definition) is 1. The van der Waals surface area contributed by atoms with Crippen LogP contribution >= 0.6 is 27.7 Å². The zero-order chi connectivity index (χ0) is 13.4. The van der Waals surface area contributed by atoms with E-state index in [4.69, 9.17) is 5.73 Å². The fourth-order valence-corrected chi connectivity index (χ4v) is 2.28. The number of rotatable bonds is 1. The second kappa shape index (κ2) is 4.60. The van der Waals surface area contributed by atoms with Gasteiger partial charge >= 0.3 is 11.7 Å². The Balaban J connectivity index is 3.20. The van der Waals surface area contributed by atoms with Crippen molar-refractivity contribution in [3.63, 3.8) is 0 Å². The van der Waals surface area contributed by atoms with Gasteiger partial charge in [-0.05, 0) is 39.8 Å². The van der Waals surface area contributed by atoms with Gasteiger partial charge in [-0.1, -0.05) is 0 Å². The van der Waals surface area contributed by atoms with E-state index in [9.17, 15) is 26.3 Å². The summed E-state index contributed by atoms with van der Waals surface area (Å²) >= 11 is 2.08. The lowest BCUT2D eigenvalue weighted by molar-refractivity contribution is -0.137. The average Bonchev–Trinajstić information content (AvgIpc) is 2.07. The molecule has 1 aromatic rings. The van der Waals surface area contributed by atoms with Crippen molar-refractivity contribution in [2.45, 2.75) is 16.6 Å². The first-order chi connectivity index (χ1) is 7.50. The number of nitrogen functional groups attached to an aromatic ring is 1. The minimum absolute atomic E-state index is 0.341. The Kier molecular flexibility index (Phi) is 3.92. The third-order valence-corrected chi connectivity index (χ3v) is 3.40. The molecule has 2 N–H and O–H groups in total. The van der Waals surface area contributed by atoms with Crippen molar-refractivity contribution in [1.29, 1.82) is 0 Å². The van der Waals surface area contributed by atoms with Crippen LogP contribution in [0, 0.1) is 0 Å².